The highest BCUT2D eigenvalue weighted by molar-refractivity contribution is 5.76. The first-order valence-electron chi connectivity index (χ1n) is 6.37. The summed E-state index contributed by atoms with van der Waals surface area (Å²) in [5, 5.41) is 0. The molecule has 0 bridgehead atoms. The molecule has 2 atom stereocenters. The smallest absolute Gasteiger partial charge is 0.323 e. The van der Waals surface area contributed by atoms with Gasteiger partial charge in [-0.3, -0.25) is 4.79 Å². The molecular weight excluding hydrogens is 226 g/mol. The largest absolute Gasteiger partial charge is 0.456 e. The van der Waals surface area contributed by atoms with Crippen LogP contribution in [0.4, 0.5) is 0 Å². The van der Waals surface area contributed by atoms with E-state index in [1.54, 1.807) is 6.08 Å². The van der Waals surface area contributed by atoms with Crippen molar-refractivity contribution in [3.63, 3.8) is 0 Å². The Morgan fingerprint density at radius 1 is 1.56 bits per heavy atom. The van der Waals surface area contributed by atoms with Gasteiger partial charge >= 0.3 is 5.97 Å². The topological polar surface area (TPSA) is 52.3 Å². The van der Waals surface area contributed by atoms with Crippen molar-refractivity contribution in [2.45, 2.75) is 37.8 Å². The van der Waals surface area contributed by atoms with Crippen molar-refractivity contribution in [1.82, 2.24) is 0 Å². The zero-order chi connectivity index (χ0) is 13.0. The molecule has 0 spiro atoms. The molecule has 0 saturated heterocycles. The molecule has 1 aliphatic rings. The molecule has 0 fully saturated rings. The number of hydrogen-bond acceptors (Lipinski definition) is 3. The van der Waals surface area contributed by atoms with Crippen molar-refractivity contribution in [2.75, 3.05) is 0 Å². The number of ether oxygens (including phenoxy) is 1. The van der Waals surface area contributed by atoms with E-state index in [0.717, 1.165) is 24.8 Å². The molecule has 3 nitrogen and oxygen atoms in total. The molecule has 2 N–H and O–H groups in total. The van der Waals surface area contributed by atoms with Crippen LogP contribution < -0.4 is 5.73 Å². The van der Waals surface area contributed by atoms with Crippen molar-refractivity contribution in [3.8, 4) is 0 Å². The van der Waals surface area contributed by atoms with E-state index in [2.05, 4.69) is 12.6 Å². The first kappa shape index (κ1) is 12.8. The lowest BCUT2D eigenvalue weighted by molar-refractivity contribution is -0.151. The summed E-state index contributed by atoms with van der Waals surface area (Å²) in [7, 11) is 0. The molecule has 0 aliphatic heterocycles. The summed E-state index contributed by atoms with van der Waals surface area (Å²) in [6, 6.07) is 7.53. The van der Waals surface area contributed by atoms with E-state index >= 15 is 0 Å². The molecule has 0 radical (unpaired) electrons. The second-order valence-electron chi connectivity index (χ2n) is 4.65. The molecule has 96 valence electrons. The van der Waals surface area contributed by atoms with Crippen LogP contribution in [0.15, 0.2) is 36.9 Å². The van der Waals surface area contributed by atoms with Crippen molar-refractivity contribution in [2.24, 2.45) is 5.73 Å². The Morgan fingerprint density at radius 3 is 3.11 bits per heavy atom. The van der Waals surface area contributed by atoms with Gasteiger partial charge in [0.1, 0.15) is 12.1 Å². The van der Waals surface area contributed by atoms with Crippen molar-refractivity contribution >= 4 is 5.97 Å². The molecule has 18 heavy (non-hydrogen) atoms. The quantitative estimate of drug-likeness (QED) is 0.655. The summed E-state index contributed by atoms with van der Waals surface area (Å²) in [4.78, 5) is 11.8. The Bertz CT molecular complexity index is 442. The maximum atomic E-state index is 11.8. The fraction of sp³-hybridized carbons (Fsp3) is 0.400. The Morgan fingerprint density at radius 2 is 2.33 bits per heavy atom. The maximum Gasteiger partial charge on any atom is 0.323 e. The first-order chi connectivity index (χ1) is 8.72. The van der Waals surface area contributed by atoms with E-state index in [4.69, 9.17) is 10.5 Å². The highest BCUT2D eigenvalue weighted by Gasteiger charge is 2.25. The molecule has 2 unspecified atom stereocenters. The fourth-order valence-corrected chi connectivity index (χ4v) is 2.34. The van der Waals surface area contributed by atoms with Crippen LogP contribution in [0.5, 0.6) is 0 Å². The lowest BCUT2D eigenvalue weighted by Gasteiger charge is -2.26. The number of hydrogen-bond donors (Lipinski definition) is 1. The van der Waals surface area contributed by atoms with Gasteiger partial charge in [-0.15, -0.1) is 6.58 Å². The predicted octanol–water partition coefficient (Wildman–Crippen LogP) is 2.51. The highest BCUT2D eigenvalue weighted by Crippen LogP contribution is 2.32. The summed E-state index contributed by atoms with van der Waals surface area (Å²) in [6.45, 7) is 3.58. The van der Waals surface area contributed by atoms with E-state index in [-0.39, 0.29) is 12.1 Å². The van der Waals surface area contributed by atoms with Gasteiger partial charge in [-0.1, -0.05) is 30.3 Å². The number of carbonyl (C=O) groups is 1. The molecule has 1 aliphatic carbocycles. The van der Waals surface area contributed by atoms with Gasteiger partial charge in [-0.25, -0.2) is 0 Å². The van der Waals surface area contributed by atoms with Crippen LogP contribution in [-0.2, 0) is 16.0 Å². The van der Waals surface area contributed by atoms with Gasteiger partial charge < -0.3 is 10.5 Å². The zero-order valence-electron chi connectivity index (χ0n) is 10.5. The van der Waals surface area contributed by atoms with E-state index in [1.165, 1.54) is 5.56 Å². The van der Waals surface area contributed by atoms with Gasteiger partial charge in [-0.2, -0.15) is 0 Å². The van der Waals surface area contributed by atoms with Crippen molar-refractivity contribution in [1.29, 1.82) is 0 Å². The van der Waals surface area contributed by atoms with Gasteiger partial charge in [0, 0.05) is 0 Å². The van der Waals surface area contributed by atoms with Crippen LogP contribution in [0, 0.1) is 0 Å². The second kappa shape index (κ2) is 5.83. The number of nitrogens with two attached hydrogens (primary N) is 1. The average Bonchev–Trinajstić information content (AvgIpc) is 2.39. The molecule has 1 aromatic carbocycles. The Hall–Kier alpha value is -1.61. The van der Waals surface area contributed by atoms with Crippen LogP contribution in [0.1, 0.15) is 36.5 Å². The van der Waals surface area contributed by atoms with Crippen LogP contribution in [0.2, 0.25) is 0 Å². The molecule has 1 aromatic rings. The number of benzene rings is 1. The number of fused-ring (bicyclic) bond motifs is 1. The third-order valence-electron chi connectivity index (χ3n) is 3.30. The van der Waals surface area contributed by atoms with Crippen LogP contribution >= 0.6 is 0 Å². The lowest BCUT2D eigenvalue weighted by atomic mass is 9.89. The minimum absolute atomic E-state index is 0.140. The van der Waals surface area contributed by atoms with Gasteiger partial charge in [0.2, 0.25) is 0 Å². The fourth-order valence-electron chi connectivity index (χ4n) is 2.34. The molecule has 0 saturated carbocycles. The highest BCUT2D eigenvalue weighted by atomic mass is 16.5. The summed E-state index contributed by atoms with van der Waals surface area (Å²) in [5.74, 6) is -0.336. The molecule has 2 rings (SSSR count). The average molecular weight is 245 g/mol. The van der Waals surface area contributed by atoms with Gasteiger partial charge in [-0.05, 0) is 36.8 Å². The van der Waals surface area contributed by atoms with Gasteiger partial charge in [0.25, 0.3) is 0 Å². The Labute approximate surface area is 108 Å². The summed E-state index contributed by atoms with van der Waals surface area (Å²) in [6.07, 6.45) is 4.94. The minimum atomic E-state index is -0.600. The zero-order valence-corrected chi connectivity index (χ0v) is 10.5. The maximum absolute atomic E-state index is 11.8. The minimum Gasteiger partial charge on any atom is -0.456 e. The van der Waals surface area contributed by atoms with Crippen LogP contribution in [-0.4, -0.2) is 12.0 Å². The Balaban J connectivity index is 2.07. The molecule has 3 heteroatoms. The molecule has 0 amide bonds. The summed E-state index contributed by atoms with van der Waals surface area (Å²) < 4.78 is 5.52. The number of esters is 1. The summed E-state index contributed by atoms with van der Waals surface area (Å²) in [5.41, 5.74) is 8.12. The normalized spacial score (nSPS) is 19.7. The van der Waals surface area contributed by atoms with E-state index in [1.807, 2.05) is 18.2 Å². The van der Waals surface area contributed by atoms with E-state index < -0.39 is 6.04 Å². The summed E-state index contributed by atoms with van der Waals surface area (Å²) >= 11 is 0. The van der Waals surface area contributed by atoms with E-state index in [0.29, 0.717) is 6.42 Å². The molecule has 0 aromatic heterocycles. The Kier molecular flexibility index (Phi) is 4.15. The number of carbonyl (C=O) groups excluding carboxylic acids is 1. The lowest BCUT2D eigenvalue weighted by Crippen LogP contribution is -2.33. The standard InChI is InChI=1S/C15H19NO2/c1-2-6-13(16)15(17)18-14-10-5-8-11-7-3-4-9-12(11)14/h2-4,7,9,13-14H,1,5-6,8,10,16H2. The van der Waals surface area contributed by atoms with Crippen molar-refractivity contribution in [3.05, 3.63) is 48.0 Å². The first-order valence-corrected chi connectivity index (χ1v) is 6.37. The molecular formula is C15H19NO2. The van der Waals surface area contributed by atoms with Crippen LogP contribution in [0.3, 0.4) is 0 Å². The predicted molar refractivity (Wildman–Crippen MR) is 71.0 cm³/mol. The third kappa shape index (κ3) is 2.79. The third-order valence-corrected chi connectivity index (χ3v) is 3.30. The van der Waals surface area contributed by atoms with Gasteiger partial charge in [0.15, 0.2) is 0 Å². The SMILES string of the molecule is C=CCC(N)C(=O)OC1CCCc2ccccc21. The van der Waals surface area contributed by atoms with Gasteiger partial charge in [0.05, 0.1) is 0 Å². The number of rotatable bonds is 4. The van der Waals surface area contributed by atoms with E-state index in [9.17, 15) is 4.79 Å². The number of aryl methyl sites for hydroxylation is 1. The second-order valence-corrected chi connectivity index (χ2v) is 4.65. The molecule has 0 heterocycles. The monoisotopic (exact) mass is 245 g/mol. The van der Waals surface area contributed by atoms with Crippen LogP contribution in [0.25, 0.3) is 0 Å². The van der Waals surface area contributed by atoms with Crippen molar-refractivity contribution < 1.29 is 9.53 Å².